The molecule has 1 amide bonds. The molecule has 0 aromatic heterocycles. The third kappa shape index (κ3) is 4.38. The molecule has 1 N–H and O–H groups in total. The van der Waals surface area contributed by atoms with Gasteiger partial charge >= 0.3 is 0 Å². The van der Waals surface area contributed by atoms with Crippen molar-refractivity contribution in [3.8, 4) is 0 Å². The monoisotopic (exact) mass is 326 g/mol. The lowest BCUT2D eigenvalue weighted by Crippen LogP contribution is -2.35. The van der Waals surface area contributed by atoms with Crippen LogP contribution in [0.5, 0.6) is 0 Å². The maximum Gasteiger partial charge on any atom is 0.227 e. The number of benzene rings is 1. The first-order chi connectivity index (χ1) is 9.83. The Balaban J connectivity index is 0.00000161. The molecule has 5 heteroatoms. The van der Waals surface area contributed by atoms with Crippen molar-refractivity contribution in [2.24, 2.45) is 11.8 Å². The van der Waals surface area contributed by atoms with Gasteiger partial charge < -0.3 is 10.2 Å². The Labute approximate surface area is 137 Å². The zero-order chi connectivity index (χ0) is 13.8. The maximum atomic E-state index is 12.3. The number of halogens is 1. The fourth-order valence-electron chi connectivity index (χ4n) is 3.02. The Kier molecular flexibility index (Phi) is 6.40. The minimum absolute atomic E-state index is 0. The molecule has 1 aromatic carbocycles. The number of amides is 1. The van der Waals surface area contributed by atoms with Crippen LogP contribution in [0.15, 0.2) is 35.2 Å². The van der Waals surface area contributed by atoms with Gasteiger partial charge in [-0.15, -0.1) is 24.2 Å². The highest BCUT2D eigenvalue weighted by Crippen LogP contribution is 2.27. The van der Waals surface area contributed by atoms with Crippen LogP contribution >= 0.6 is 24.2 Å². The number of rotatable bonds is 4. The minimum atomic E-state index is 0. The van der Waals surface area contributed by atoms with Crippen LogP contribution in [0.2, 0.25) is 0 Å². The molecular weight excluding hydrogens is 304 g/mol. The second-order valence-corrected chi connectivity index (χ2v) is 6.85. The van der Waals surface area contributed by atoms with E-state index in [9.17, 15) is 4.79 Å². The smallest absolute Gasteiger partial charge is 0.227 e. The Hall–Kier alpha value is -0.710. The van der Waals surface area contributed by atoms with Crippen molar-refractivity contribution in [2.75, 3.05) is 31.9 Å². The van der Waals surface area contributed by atoms with E-state index in [0.29, 0.717) is 11.8 Å². The standard InChI is InChI=1S/C16H22N2OS.ClH/c19-16(14-6-8-17-10-14)18-9-7-13(11-18)12-20-15-4-2-1-3-5-15;/h1-5,13-14,17H,6-12H2;1H. The molecule has 116 valence electrons. The molecule has 21 heavy (non-hydrogen) atoms. The molecule has 0 saturated carbocycles. The quantitative estimate of drug-likeness (QED) is 0.863. The number of carbonyl (C=O) groups excluding carboxylic acids is 1. The lowest BCUT2D eigenvalue weighted by molar-refractivity contribution is -0.133. The van der Waals surface area contributed by atoms with E-state index in [1.807, 2.05) is 11.8 Å². The second-order valence-electron chi connectivity index (χ2n) is 5.75. The molecule has 2 aliphatic heterocycles. The lowest BCUT2D eigenvalue weighted by atomic mass is 10.1. The van der Waals surface area contributed by atoms with E-state index >= 15 is 0 Å². The molecule has 2 atom stereocenters. The van der Waals surface area contributed by atoms with Crippen LogP contribution in [0.4, 0.5) is 0 Å². The zero-order valence-electron chi connectivity index (χ0n) is 12.2. The van der Waals surface area contributed by atoms with Gasteiger partial charge in [-0.25, -0.2) is 0 Å². The molecule has 2 heterocycles. The fraction of sp³-hybridized carbons (Fsp3) is 0.562. The summed E-state index contributed by atoms with van der Waals surface area (Å²) in [5, 5.41) is 3.28. The van der Waals surface area contributed by atoms with Crippen LogP contribution in [0.25, 0.3) is 0 Å². The summed E-state index contributed by atoms with van der Waals surface area (Å²) in [6.45, 7) is 3.78. The van der Waals surface area contributed by atoms with Gasteiger partial charge in [0.15, 0.2) is 0 Å². The molecule has 2 saturated heterocycles. The van der Waals surface area contributed by atoms with Gasteiger partial charge in [0.05, 0.1) is 5.92 Å². The van der Waals surface area contributed by atoms with Crippen LogP contribution in [0.3, 0.4) is 0 Å². The summed E-state index contributed by atoms with van der Waals surface area (Å²) in [7, 11) is 0. The van der Waals surface area contributed by atoms with Crippen LogP contribution < -0.4 is 5.32 Å². The van der Waals surface area contributed by atoms with Gasteiger partial charge in [-0.2, -0.15) is 0 Å². The SMILES string of the molecule is Cl.O=C(C1CCNC1)N1CCC(CSc2ccccc2)C1. The van der Waals surface area contributed by atoms with Crippen LogP contribution in [0.1, 0.15) is 12.8 Å². The summed E-state index contributed by atoms with van der Waals surface area (Å²) in [5.41, 5.74) is 0. The van der Waals surface area contributed by atoms with Crippen LogP contribution in [-0.2, 0) is 4.79 Å². The van der Waals surface area contributed by atoms with Gasteiger partial charge in [-0.3, -0.25) is 4.79 Å². The highest BCUT2D eigenvalue weighted by Gasteiger charge is 2.32. The van der Waals surface area contributed by atoms with Gasteiger partial charge in [-0.1, -0.05) is 18.2 Å². The number of nitrogens with zero attached hydrogens (tertiary/aromatic N) is 1. The number of hydrogen-bond donors (Lipinski definition) is 1. The van der Waals surface area contributed by atoms with Gasteiger partial charge in [0.2, 0.25) is 5.91 Å². The molecular formula is C16H23ClN2OS. The summed E-state index contributed by atoms with van der Waals surface area (Å²) in [6.07, 6.45) is 2.17. The molecule has 3 nitrogen and oxygen atoms in total. The van der Waals surface area contributed by atoms with Crippen molar-refractivity contribution in [1.29, 1.82) is 0 Å². The molecule has 3 rings (SSSR count). The van der Waals surface area contributed by atoms with Crippen molar-refractivity contribution in [1.82, 2.24) is 10.2 Å². The molecule has 0 bridgehead atoms. The fourth-order valence-corrected chi connectivity index (χ4v) is 4.07. The highest BCUT2D eigenvalue weighted by atomic mass is 35.5. The van der Waals surface area contributed by atoms with E-state index in [4.69, 9.17) is 0 Å². The number of hydrogen-bond acceptors (Lipinski definition) is 3. The summed E-state index contributed by atoms with van der Waals surface area (Å²) in [4.78, 5) is 15.8. The van der Waals surface area contributed by atoms with Crippen molar-refractivity contribution in [3.05, 3.63) is 30.3 Å². The van der Waals surface area contributed by atoms with Crippen LogP contribution in [-0.4, -0.2) is 42.7 Å². The molecule has 1 aromatic rings. The highest BCUT2D eigenvalue weighted by molar-refractivity contribution is 7.99. The topological polar surface area (TPSA) is 32.3 Å². The summed E-state index contributed by atoms with van der Waals surface area (Å²) in [6, 6.07) is 10.5. The third-order valence-electron chi connectivity index (χ3n) is 4.24. The Morgan fingerprint density at radius 3 is 2.81 bits per heavy atom. The van der Waals surface area contributed by atoms with E-state index in [-0.39, 0.29) is 18.3 Å². The Bertz CT molecular complexity index is 451. The van der Waals surface area contributed by atoms with E-state index in [2.05, 4.69) is 40.5 Å². The number of carbonyl (C=O) groups is 1. The van der Waals surface area contributed by atoms with E-state index < -0.39 is 0 Å². The molecule has 0 aliphatic carbocycles. The van der Waals surface area contributed by atoms with Crippen molar-refractivity contribution >= 4 is 30.1 Å². The summed E-state index contributed by atoms with van der Waals surface area (Å²) in [5.74, 6) is 2.38. The number of likely N-dealkylation sites (tertiary alicyclic amines) is 1. The lowest BCUT2D eigenvalue weighted by Gasteiger charge is -2.20. The zero-order valence-corrected chi connectivity index (χ0v) is 13.8. The summed E-state index contributed by atoms with van der Waals surface area (Å²) < 4.78 is 0. The predicted molar refractivity (Wildman–Crippen MR) is 90.1 cm³/mol. The number of thioether (sulfide) groups is 1. The normalized spacial score (nSPS) is 24.9. The number of nitrogens with one attached hydrogen (secondary N) is 1. The minimum Gasteiger partial charge on any atom is -0.342 e. The maximum absolute atomic E-state index is 12.3. The first-order valence-electron chi connectivity index (χ1n) is 7.50. The first-order valence-corrected chi connectivity index (χ1v) is 8.49. The Morgan fingerprint density at radius 2 is 2.10 bits per heavy atom. The van der Waals surface area contributed by atoms with E-state index in [1.165, 1.54) is 4.90 Å². The molecule has 2 fully saturated rings. The molecule has 0 radical (unpaired) electrons. The molecule has 0 spiro atoms. The average Bonchev–Trinajstić information content (AvgIpc) is 3.17. The van der Waals surface area contributed by atoms with Gasteiger partial charge in [0, 0.05) is 30.3 Å². The van der Waals surface area contributed by atoms with Crippen LogP contribution in [0, 0.1) is 11.8 Å². The molecule has 2 unspecified atom stereocenters. The van der Waals surface area contributed by atoms with E-state index in [0.717, 1.165) is 44.8 Å². The summed E-state index contributed by atoms with van der Waals surface area (Å²) >= 11 is 1.91. The Morgan fingerprint density at radius 1 is 1.29 bits per heavy atom. The van der Waals surface area contributed by atoms with Crippen molar-refractivity contribution in [3.63, 3.8) is 0 Å². The van der Waals surface area contributed by atoms with Crippen molar-refractivity contribution < 1.29 is 4.79 Å². The van der Waals surface area contributed by atoms with Gasteiger partial charge in [0.25, 0.3) is 0 Å². The van der Waals surface area contributed by atoms with Gasteiger partial charge in [0.1, 0.15) is 0 Å². The van der Waals surface area contributed by atoms with Crippen molar-refractivity contribution in [2.45, 2.75) is 17.7 Å². The van der Waals surface area contributed by atoms with E-state index in [1.54, 1.807) is 0 Å². The predicted octanol–water partition coefficient (Wildman–Crippen LogP) is 2.66. The second kappa shape index (κ2) is 8.06. The largest absolute Gasteiger partial charge is 0.342 e. The van der Waals surface area contributed by atoms with Gasteiger partial charge in [-0.05, 0) is 37.4 Å². The average molecular weight is 327 g/mol. The third-order valence-corrected chi connectivity index (χ3v) is 5.48. The molecule has 2 aliphatic rings. The first kappa shape index (κ1) is 16.7.